The molecule has 2 aromatic carbocycles. The number of carbonyl (C=O) groups excluding carboxylic acids is 1. The summed E-state index contributed by atoms with van der Waals surface area (Å²) in [5.41, 5.74) is 7.63. The van der Waals surface area contributed by atoms with Gasteiger partial charge in [-0.05, 0) is 49.4 Å². The predicted octanol–water partition coefficient (Wildman–Crippen LogP) is 4.24. The molecule has 0 spiro atoms. The van der Waals surface area contributed by atoms with Crippen molar-refractivity contribution < 1.29 is 4.79 Å². The minimum atomic E-state index is -0.562. The highest BCUT2D eigenvalue weighted by molar-refractivity contribution is 6.31. The van der Waals surface area contributed by atoms with Crippen LogP contribution >= 0.6 is 23.2 Å². The molecule has 1 aliphatic rings. The lowest BCUT2D eigenvalue weighted by molar-refractivity contribution is -0.112. The highest BCUT2D eigenvalue weighted by Crippen LogP contribution is 2.33. The molecule has 140 valence electrons. The first-order valence-electron chi connectivity index (χ1n) is 8.21. The van der Waals surface area contributed by atoms with Gasteiger partial charge in [0.2, 0.25) is 0 Å². The lowest BCUT2D eigenvalue weighted by Crippen LogP contribution is -2.23. The van der Waals surface area contributed by atoms with Gasteiger partial charge in [0.15, 0.2) is 0 Å². The summed E-state index contributed by atoms with van der Waals surface area (Å²) < 4.78 is 2.64. The van der Waals surface area contributed by atoms with E-state index in [1.165, 1.54) is 9.13 Å². The van der Waals surface area contributed by atoms with Crippen LogP contribution in [0.1, 0.15) is 12.6 Å². The van der Waals surface area contributed by atoms with Gasteiger partial charge in [-0.15, -0.1) is 5.11 Å². The monoisotopic (exact) mass is 413 g/mol. The Morgan fingerprint density at radius 2 is 1.61 bits per heavy atom. The number of nitrogens with two attached hydrogens (primary N) is 1. The smallest absolute Gasteiger partial charge is 0.339 e. The van der Waals surface area contributed by atoms with Crippen molar-refractivity contribution in [1.29, 1.82) is 0 Å². The van der Waals surface area contributed by atoms with Crippen LogP contribution in [-0.4, -0.2) is 15.0 Å². The normalized spacial score (nSPS) is 13.6. The van der Waals surface area contributed by atoms with E-state index in [9.17, 15) is 9.59 Å². The number of azo groups is 1. The highest BCUT2D eigenvalue weighted by Gasteiger charge is 2.30. The van der Waals surface area contributed by atoms with E-state index in [-0.39, 0.29) is 17.1 Å². The molecule has 0 radical (unpaired) electrons. The lowest BCUT2D eigenvalue weighted by atomic mass is 10.1. The Hall–Kier alpha value is -3.16. The Bertz CT molecular complexity index is 1240. The Morgan fingerprint density at radius 1 is 0.893 bits per heavy atom. The molecule has 2 N–H and O–H groups in total. The van der Waals surface area contributed by atoms with Gasteiger partial charge in [0, 0.05) is 10.0 Å². The van der Waals surface area contributed by atoms with Crippen molar-refractivity contribution in [3.63, 3.8) is 0 Å². The first-order chi connectivity index (χ1) is 13.4. The number of benzene rings is 2. The number of halogens is 2. The summed E-state index contributed by atoms with van der Waals surface area (Å²) in [6.45, 7) is 1.63. The average molecular weight is 414 g/mol. The summed E-state index contributed by atoms with van der Waals surface area (Å²) in [4.78, 5) is 25.7. The van der Waals surface area contributed by atoms with Gasteiger partial charge in [-0.3, -0.25) is 9.36 Å². The van der Waals surface area contributed by atoms with E-state index < -0.39 is 11.6 Å². The van der Waals surface area contributed by atoms with E-state index >= 15 is 0 Å². The van der Waals surface area contributed by atoms with Gasteiger partial charge < -0.3 is 5.73 Å². The van der Waals surface area contributed by atoms with Gasteiger partial charge in [0.05, 0.1) is 22.6 Å². The van der Waals surface area contributed by atoms with Crippen molar-refractivity contribution >= 4 is 40.5 Å². The first kappa shape index (κ1) is 18.2. The third-order valence-corrected chi connectivity index (χ3v) is 4.83. The molecule has 0 fully saturated rings. The molecular formula is C19H13Cl2N5O2. The quantitative estimate of drug-likeness (QED) is 0.695. The first-order valence-corrected chi connectivity index (χ1v) is 8.96. The van der Waals surface area contributed by atoms with Gasteiger partial charge >= 0.3 is 5.69 Å². The minimum absolute atomic E-state index is 0.0855. The molecule has 0 aliphatic carbocycles. The van der Waals surface area contributed by atoms with Crippen LogP contribution < -0.4 is 11.4 Å². The van der Waals surface area contributed by atoms with E-state index in [0.29, 0.717) is 27.1 Å². The Kier molecular flexibility index (Phi) is 4.41. The second kappa shape index (κ2) is 6.78. The SMILES string of the molecule is CC1=C(c2c(N)n(-c3ccc(Cl)cc3)c(=O)n2-c2cccc(Cl)c2)C(=O)N=N1. The van der Waals surface area contributed by atoms with Crippen molar-refractivity contribution in [2.45, 2.75) is 6.92 Å². The molecule has 28 heavy (non-hydrogen) atoms. The molecular weight excluding hydrogens is 401 g/mol. The minimum Gasteiger partial charge on any atom is -0.383 e. The highest BCUT2D eigenvalue weighted by atomic mass is 35.5. The average Bonchev–Trinajstić information content (AvgIpc) is 3.11. The third kappa shape index (κ3) is 2.85. The summed E-state index contributed by atoms with van der Waals surface area (Å²) in [7, 11) is 0. The zero-order valence-corrected chi connectivity index (χ0v) is 16.1. The molecule has 1 aliphatic heterocycles. The van der Waals surface area contributed by atoms with Crippen molar-refractivity contribution in [3.05, 3.63) is 80.5 Å². The van der Waals surface area contributed by atoms with Crippen molar-refractivity contribution in [1.82, 2.24) is 9.13 Å². The summed E-state index contributed by atoms with van der Waals surface area (Å²) >= 11 is 12.1. The Morgan fingerprint density at radius 3 is 2.21 bits per heavy atom. The Labute approximate surface area is 169 Å². The number of aromatic nitrogens is 2. The molecule has 0 saturated carbocycles. The van der Waals surface area contributed by atoms with E-state index in [4.69, 9.17) is 28.9 Å². The number of hydrogen-bond donors (Lipinski definition) is 1. The molecule has 1 aromatic heterocycles. The Balaban J connectivity index is 2.08. The molecule has 1 amide bonds. The summed E-state index contributed by atoms with van der Waals surface area (Å²) in [6.07, 6.45) is 0. The van der Waals surface area contributed by atoms with Crippen LogP contribution in [0.25, 0.3) is 16.9 Å². The van der Waals surface area contributed by atoms with Crippen molar-refractivity contribution in [2.24, 2.45) is 10.2 Å². The van der Waals surface area contributed by atoms with E-state index in [0.717, 1.165) is 0 Å². The third-order valence-electron chi connectivity index (χ3n) is 4.34. The maximum atomic E-state index is 13.4. The molecule has 0 bridgehead atoms. The zero-order chi connectivity index (χ0) is 20.0. The van der Waals surface area contributed by atoms with Gasteiger partial charge in [-0.2, -0.15) is 5.11 Å². The van der Waals surface area contributed by atoms with Crippen LogP contribution in [0.4, 0.5) is 5.82 Å². The number of carbonyl (C=O) groups is 1. The molecule has 0 atom stereocenters. The molecule has 2 heterocycles. The largest absolute Gasteiger partial charge is 0.383 e. The van der Waals surface area contributed by atoms with E-state index in [1.54, 1.807) is 55.5 Å². The van der Waals surface area contributed by atoms with Crippen LogP contribution in [0, 0.1) is 0 Å². The molecule has 9 heteroatoms. The van der Waals surface area contributed by atoms with Gasteiger partial charge in [-0.25, -0.2) is 9.36 Å². The van der Waals surface area contributed by atoms with Crippen LogP contribution in [-0.2, 0) is 4.79 Å². The van der Waals surface area contributed by atoms with Gasteiger partial charge in [0.1, 0.15) is 11.5 Å². The molecule has 0 saturated heterocycles. The number of allylic oxidation sites excluding steroid dienone is 1. The maximum Gasteiger partial charge on any atom is 0.339 e. The van der Waals surface area contributed by atoms with E-state index in [2.05, 4.69) is 10.2 Å². The topological polar surface area (TPSA) is 94.7 Å². The van der Waals surface area contributed by atoms with Crippen LogP contribution in [0.2, 0.25) is 10.0 Å². The zero-order valence-electron chi connectivity index (χ0n) is 14.6. The fraction of sp³-hybridized carbons (Fsp3) is 0.0526. The second-order valence-corrected chi connectivity index (χ2v) is 6.98. The van der Waals surface area contributed by atoms with Crippen molar-refractivity contribution in [2.75, 3.05) is 5.73 Å². The molecule has 4 rings (SSSR count). The number of imidazole rings is 1. The van der Waals surface area contributed by atoms with Crippen molar-refractivity contribution in [3.8, 4) is 11.4 Å². The summed E-state index contributed by atoms with van der Waals surface area (Å²) in [6, 6.07) is 13.3. The number of hydrogen-bond acceptors (Lipinski definition) is 4. The summed E-state index contributed by atoms with van der Waals surface area (Å²) in [5.74, 6) is -0.476. The summed E-state index contributed by atoms with van der Waals surface area (Å²) in [5, 5.41) is 8.36. The van der Waals surface area contributed by atoms with Gasteiger partial charge in [-0.1, -0.05) is 29.3 Å². The molecule has 3 aromatic rings. The lowest BCUT2D eigenvalue weighted by Gasteiger charge is -2.08. The van der Waals surface area contributed by atoms with E-state index in [1.807, 2.05) is 0 Å². The van der Waals surface area contributed by atoms with Crippen LogP contribution in [0.3, 0.4) is 0 Å². The predicted molar refractivity (Wildman–Crippen MR) is 108 cm³/mol. The van der Waals surface area contributed by atoms with Gasteiger partial charge in [0.25, 0.3) is 5.91 Å². The number of anilines is 1. The standard InChI is InChI=1S/C19H13Cl2N5O2/c1-10-15(18(27)24-23-10)16-17(22)26(13-7-5-11(20)6-8-13)19(28)25(16)14-4-2-3-12(21)9-14/h2-9H,22H2,1H3. The second-order valence-electron chi connectivity index (χ2n) is 6.11. The molecule has 0 unspecified atom stereocenters. The number of nitrogens with zero attached hydrogens (tertiary/aromatic N) is 4. The fourth-order valence-electron chi connectivity index (χ4n) is 3.10. The number of amides is 1. The van der Waals surface area contributed by atoms with Crippen LogP contribution in [0.5, 0.6) is 0 Å². The fourth-order valence-corrected chi connectivity index (χ4v) is 3.41. The number of rotatable bonds is 3. The number of nitrogen functional groups attached to an aromatic ring is 1. The molecule has 7 nitrogen and oxygen atoms in total. The van der Waals surface area contributed by atoms with Crippen LogP contribution in [0.15, 0.2) is 69.3 Å². The maximum absolute atomic E-state index is 13.4.